The smallest absolute Gasteiger partial charge is 0.0543 e. The van der Waals surface area contributed by atoms with Gasteiger partial charge >= 0.3 is 0 Å². The molecule has 0 spiro atoms. The normalized spacial score (nSPS) is 18.2. The molecule has 54 heavy (non-hydrogen) atoms. The van der Waals surface area contributed by atoms with Gasteiger partial charge in [0.25, 0.3) is 0 Å². The van der Waals surface area contributed by atoms with Crippen molar-refractivity contribution in [2.75, 3.05) is 78.5 Å². The Morgan fingerprint density at radius 1 is 0.296 bits per heavy atom. The van der Waals surface area contributed by atoms with Gasteiger partial charge < -0.3 is 0 Å². The van der Waals surface area contributed by atoms with Crippen LogP contribution < -0.4 is 0 Å². The van der Waals surface area contributed by atoms with Crippen LogP contribution in [-0.2, 0) is 39.3 Å². The minimum atomic E-state index is 0.871. The van der Waals surface area contributed by atoms with E-state index in [2.05, 4.69) is 122 Å². The van der Waals surface area contributed by atoms with Gasteiger partial charge in [0.2, 0.25) is 0 Å². The molecule has 4 aromatic heterocycles. The maximum absolute atomic E-state index is 4.65. The third-order valence-corrected chi connectivity index (χ3v) is 10.6. The van der Waals surface area contributed by atoms with Gasteiger partial charge in [-0.05, 0) is 59.7 Å². The molecule has 2 saturated heterocycles. The summed E-state index contributed by atoms with van der Waals surface area (Å²) >= 11 is 0. The zero-order chi connectivity index (χ0) is 36.6. The van der Waals surface area contributed by atoms with E-state index in [1.54, 1.807) is 0 Å². The first kappa shape index (κ1) is 37.9. The van der Waals surface area contributed by atoms with Crippen LogP contribution in [0.2, 0.25) is 0 Å². The third kappa shape index (κ3) is 12.3. The number of aromatic nitrogens is 4. The first-order chi connectivity index (χ1) is 26.7. The lowest BCUT2D eigenvalue weighted by Crippen LogP contribution is -2.36. The van der Waals surface area contributed by atoms with E-state index < -0.39 is 0 Å². The summed E-state index contributed by atoms with van der Waals surface area (Å²) in [4.78, 5) is 34.2. The second kappa shape index (κ2) is 20.3. The SMILES string of the molecule is c1ccc(CN2CCN(Cc3cccc(CN4CCN(Cc5ccccn5)CCN(Cc5ccccn5)CC4)c3)CCN(Cc3ccccn3)CC2)nc1. The molecular formula is C44H56N10. The molecule has 0 radical (unpaired) electrons. The van der Waals surface area contributed by atoms with Crippen molar-refractivity contribution < 1.29 is 0 Å². The molecule has 10 heteroatoms. The summed E-state index contributed by atoms with van der Waals surface area (Å²) in [5, 5.41) is 0. The van der Waals surface area contributed by atoms with Gasteiger partial charge in [-0.3, -0.25) is 49.3 Å². The largest absolute Gasteiger partial charge is 0.297 e. The summed E-state index contributed by atoms with van der Waals surface area (Å²) in [5.41, 5.74) is 7.30. The summed E-state index contributed by atoms with van der Waals surface area (Å²) in [6.07, 6.45) is 7.62. The van der Waals surface area contributed by atoms with Gasteiger partial charge in [-0.25, -0.2) is 0 Å². The molecule has 6 heterocycles. The maximum Gasteiger partial charge on any atom is 0.0543 e. The van der Waals surface area contributed by atoms with Crippen molar-refractivity contribution in [2.45, 2.75) is 39.3 Å². The van der Waals surface area contributed by atoms with E-state index in [0.29, 0.717) is 0 Å². The molecule has 2 aliphatic heterocycles. The first-order valence-corrected chi connectivity index (χ1v) is 19.7. The average Bonchev–Trinajstić information content (AvgIpc) is 3.36. The zero-order valence-electron chi connectivity index (χ0n) is 31.7. The second-order valence-corrected chi connectivity index (χ2v) is 14.8. The number of nitrogens with zero attached hydrogens (tertiary/aromatic N) is 10. The minimum Gasteiger partial charge on any atom is -0.297 e. The lowest BCUT2D eigenvalue weighted by atomic mass is 10.1. The highest BCUT2D eigenvalue weighted by Crippen LogP contribution is 2.15. The Labute approximate surface area is 322 Å². The minimum absolute atomic E-state index is 0.871. The van der Waals surface area contributed by atoms with Gasteiger partial charge in [-0.2, -0.15) is 0 Å². The summed E-state index contributed by atoms with van der Waals surface area (Å²) < 4.78 is 0. The summed E-state index contributed by atoms with van der Waals surface area (Å²) in [6.45, 7) is 17.6. The zero-order valence-corrected chi connectivity index (χ0v) is 31.7. The van der Waals surface area contributed by atoms with Crippen LogP contribution in [0.5, 0.6) is 0 Å². The molecule has 1 aromatic carbocycles. The van der Waals surface area contributed by atoms with Crippen LogP contribution in [0.4, 0.5) is 0 Å². The van der Waals surface area contributed by atoms with E-state index in [0.717, 1.165) is 141 Å². The number of pyridine rings is 4. The molecule has 0 N–H and O–H groups in total. The average molecular weight is 725 g/mol. The van der Waals surface area contributed by atoms with E-state index in [4.69, 9.17) is 0 Å². The molecule has 0 atom stereocenters. The van der Waals surface area contributed by atoms with Crippen molar-refractivity contribution in [1.82, 2.24) is 49.3 Å². The molecule has 282 valence electrons. The summed E-state index contributed by atoms with van der Waals surface area (Å²) in [6, 6.07) is 34.3. The molecule has 0 saturated carbocycles. The monoisotopic (exact) mass is 724 g/mol. The van der Waals surface area contributed by atoms with Crippen molar-refractivity contribution in [1.29, 1.82) is 0 Å². The van der Waals surface area contributed by atoms with Crippen LogP contribution >= 0.6 is 0 Å². The molecular weight excluding hydrogens is 669 g/mol. The van der Waals surface area contributed by atoms with E-state index >= 15 is 0 Å². The standard InChI is InChI=1S/C44H56N10/c1-5-16-45-41(12-1)35-51-24-20-49(21-25-52(29-28-51)36-42-13-2-6-17-46-42)33-39-10-9-11-40(32-39)34-50-22-26-53(37-43-14-3-7-18-47-43)30-31-54(27-23-50)38-44-15-4-8-19-48-44/h1-19,32H,20-31,33-38H2. The van der Waals surface area contributed by atoms with Gasteiger partial charge in [0.1, 0.15) is 0 Å². The van der Waals surface area contributed by atoms with Crippen LogP contribution in [0.15, 0.2) is 122 Å². The number of benzene rings is 1. The fraction of sp³-hybridized carbons (Fsp3) is 0.409. The highest BCUT2D eigenvalue weighted by molar-refractivity contribution is 5.23. The maximum atomic E-state index is 4.65. The van der Waals surface area contributed by atoms with Crippen LogP contribution in [0, 0.1) is 0 Å². The summed E-state index contributed by atoms with van der Waals surface area (Å²) in [7, 11) is 0. The van der Waals surface area contributed by atoms with Crippen LogP contribution in [0.3, 0.4) is 0 Å². The van der Waals surface area contributed by atoms with Crippen molar-refractivity contribution in [3.8, 4) is 0 Å². The predicted octanol–water partition coefficient (Wildman–Crippen LogP) is 4.91. The molecule has 7 rings (SSSR count). The number of rotatable bonds is 12. The molecule has 0 bridgehead atoms. The van der Waals surface area contributed by atoms with Gasteiger partial charge in [0.15, 0.2) is 0 Å². The number of hydrogen-bond donors (Lipinski definition) is 0. The van der Waals surface area contributed by atoms with Crippen molar-refractivity contribution in [3.63, 3.8) is 0 Å². The molecule has 5 aromatic rings. The van der Waals surface area contributed by atoms with E-state index in [9.17, 15) is 0 Å². The fourth-order valence-corrected chi connectivity index (χ4v) is 7.54. The Morgan fingerprint density at radius 2 is 0.556 bits per heavy atom. The predicted molar refractivity (Wildman–Crippen MR) is 215 cm³/mol. The molecule has 0 amide bonds. The second-order valence-electron chi connectivity index (χ2n) is 14.8. The quantitative estimate of drug-likeness (QED) is 0.178. The van der Waals surface area contributed by atoms with E-state index in [1.807, 2.05) is 49.1 Å². The Kier molecular flexibility index (Phi) is 14.2. The Hall–Kier alpha value is -4.42. The lowest BCUT2D eigenvalue weighted by Gasteiger charge is -2.27. The van der Waals surface area contributed by atoms with Crippen molar-refractivity contribution >= 4 is 0 Å². The van der Waals surface area contributed by atoms with Gasteiger partial charge in [-0.1, -0.05) is 48.5 Å². The van der Waals surface area contributed by atoms with Crippen molar-refractivity contribution in [3.05, 3.63) is 156 Å². The Balaban J connectivity index is 1.01. The molecule has 10 nitrogen and oxygen atoms in total. The van der Waals surface area contributed by atoms with Gasteiger partial charge in [0.05, 0.1) is 22.8 Å². The highest BCUT2D eigenvalue weighted by Gasteiger charge is 2.20. The van der Waals surface area contributed by atoms with Gasteiger partial charge in [-0.15, -0.1) is 0 Å². The fourth-order valence-electron chi connectivity index (χ4n) is 7.54. The highest BCUT2D eigenvalue weighted by atomic mass is 15.3. The van der Waals surface area contributed by atoms with E-state index in [1.165, 1.54) is 11.1 Å². The van der Waals surface area contributed by atoms with Crippen LogP contribution in [0.25, 0.3) is 0 Å². The first-order valence-electron chi connectivity index (χ1n) is 19.7. The molecule has 2 aliphatic rings. The third-order valence-electron chi connectivity index (χ3n) is 10.6. The van der Waals surface area contributed by atoms with Crippen LogP contribution in [-0.4, -0.2) is 128 Å². The number of hydrogen-bond acceptors (Lipinski definition) is 10. The Bertz CT molecular complexity index is 1540. The molecule has 0 unspecified atom stereocenters. The van der Waals surface area contributed by atoms with Crippen molar-refractivity contribution in [2.24, 2.45) is 0 Å². The summed E-state index contributed by atoms with van der Waals surface area (Å²) in [5.74, 6) is 0. The van der Waals surface area contributed by atoms with Gasteiger partial charge in [0, 0.05) is 143 Å². The van der Waals surface area contributed by atoms with E-state index in [-0.39, 0.29) is 0 Å². The molecule has 2 fully saturated rings. The Morgan fingerprint density at radius 3 is 0.796 bits per heavy atom. The molecule has 0 aliphatic carbocycles. The lowest BCUT2D eigenvalue weighted by molar-refractivity contribution is 0.206. The topological polar surface area (TPSA) is 71.0 Å². The van der Waals surface area contributed by atoms with Crippen LogP contribution in [0.1, 0.15) is 33.9 Å².